The van der Waals surface area contributed by atoms with Crippen LogP contribution in [-0.4, -0.2) is 19.1 Å². The minimum atomic E-state index is 0.732. The third-order valence-electron chi connectivity index (χ3n) is 3.24. The molecular formula is C16H15ClN2S. The van der Waals surface area contributed by atoms with Crippen LogP contribution in [0.5, 0.6) is 0 Å². The molecule has 102 valence electrons. The molecular weight excluding hydrogens is 288 g/mol. The fourth-order valence-corrected chi connectivity index (χ4v) is 3.75. The van der Waals surface area contributed by atoms with Gasteiger partial charge in [-0.3, -0.25) is 0 Å². The van der Waals surface area contributed by atoms with E-state index in [0.29, 0.717) is 0 Å². The van der Waals surface area contributed by atoms with Crippen LogP contribution in [0.1, 0.15) is 5.01 Å². The van der Waals surface area contributed by atoms with Gasteiger partial charge in [-0.1, -0.05) is 41.9 Å². The minimum Gasteiger partial charge on any atom is -0.376 e. The number of aryl methyl sites for hydroxylation is 1. The van der Waals surface area contributed by atoms with Gasteiger partial charge in [-0.25, -0.2) is 4.98 Å². The summed E-state index contributed by atoms with van der Waals surface area (Å²) in [7, 11) is 4.03. The maximum atomic E-state index is 6.61. The normalized spacial score (nSPS) is 11.0. The molecule has 0 aliphatic carbocycles. The van der Waals surface area contributed by atoms with Crippen molar-refractivity contribution in [3.05, 3.63) is 46.4 Å². The van der Waals surface area contributed by atoms with E-state index in [4.69, 9.17) is 11.6 Å². The van der Waals surface area contributed by atoms with Crippen LogP contribution in [0.4, 0.5) is 5.69 Å². The molecule has 0 radical (unpaired) electrons. The van der Waals surface area contributed by atoms with E-state index in [1.807, 2.05) is 39.2 Å². The quantitative estimate of drug-likeness (QED) is 0.663. The Morgan fingerprint density at radius 3 is 2.50 bits per heavy atom. The van der Waals surface area contributed by atoms with Crippen LogP contribution in [-0.2, 0) is 0 Å². The molecule has 3 aromatic rings. The highest BCUT2D eigenvalue weighted by atomic mass is 35.5. The number of hydrogen-bond acceptors (Lipinski definition) is 3. The van der Waals surface area contributed by atoms with Crippen molar-refractivity contribution in [2.75, 3.05) is 19.0 Å². The first-order valence-electron chi connectivity index (χ1n) is 6.40. The molecule has 0 bridgehead atoms. The third kappa shape index (κ3) is 2.17. The van der Waals surface area contributed by atoms with Crippen molar-refractivity contribution in [1.29, 1.82) is 0 Å². The SMILES string of the molecule is Cc1nc2c(Cl)c(N(C)C)c(-c3ccccc3)cc2s1. The number of anilines is 1. The Labute approximate surface area is 127 Å². The molecule has 20 heavy (non-hydrogen) atoms. The Hall–Kier alpha value is -1.58. The van der Waals surface area contributed by atoms with Crippen LogP contribution < -0.4 is 4.90 Å². The topological polar surface area (TPSA) is 16.1 Å². The van der Waals surface area contributed by atoms with Crippen molar-refractivity contribution in [2.45, 2.75) is 6.92 Å². The minimum absolute atomic E-state index is 0.732. The molecule has 0 N–H and O–H groups in total. The molecule has 0 saturated heterocycles. The standard InChI is InChI=1S/C16H15ClN2S/c1-10-18-15-13(20-10)9-12(11-7-5-4-6-8-11)16(14(15)17)19(2)3/h4-9H,1-3H3. The summed E-state index contributed by atoms with van der Waals surface area (Å²) in [6, 6.07) is 12.5. The maximum Gasteiger partial charge on any atom is 0.102 e. The third-order valence-corrected chi connectivity index (χ3v) is 4.51. The zero-order chi connectivity index (χ0) is 14.3. The first-order valence-corrected chi connectivity index (χ1v) is 7.59. The van der Waals surface area contributed by atoms with Crippen molar-refractivity contribution in [3.63, 3.8) is 0 Å². The number of nitrogens with zero attached hydrogens (tertiary/aromatic N) is 2. The molecule has 0 fully saturated rings. The highest BCUT2D eigenvalue weighted by Crippen LogP contribution is 2.42. The number of aromatic nitrogens is 1. The number of thiazole rings is 1. The van der Waals surface area contributed by atoms with E-state index in [2.05, 4.69) is 28.1 Å². The highest BCUT2D eigenvalue weighted by Gasteiger charge is 2.17. The van der Waals surface area contributed by atoms with Gasteiger partial charge in [-0.15, -0.1) is 11.3 Å². The van der Waals surface area contributed by atoms with Gasteiger partial charge in [-0.2, -0.15) is 0 Å². The maximum absolute atomic E-state index is 6.61. The molecule has 2 nitrogen and oxygen atoms in total. The van der Waals surface area contributed by atoms with Gasteiger partial charge < -0.3 is 4.90 Å². The van der Waals surface area contributed by atoms with Crippen molar-refractivity contribution in [3.8, 4) is 11.1 Å². The van der Waals surface area contributed by atoms with E-state index < -0.39 is 0 Å². The van der Waals surface area contributed by atoms with Gasteiger partial charge in [0.1, 0.15) is 5.52 Å². The number of benzene rings is 2. The van der Waals surface area contributed by atoms with E-state index in [1.165, 1.54) is 5.56 Å². The molecule has 0 unspecified atom stereocenters. The van der Waals surface area contributed by atoms with E-state index in [9.17, 15) is 0 Å². The molecule has 0 amide bonds. The molecule has 1 aromatic heterocycles. The Balaban J connectivity index is 2.37. The lowest BCUT2D eigenvalue weighted by atomic mass is 10.0. The lowest BCUT2D eigenvalue weighted by molar-refractivity contribution is 1.13. The predicted molar refractivity (Wildman–Crippen MR) is 89.1 cm³/mol. The average molecular weight is 303 g/mol. The van der Waals surface area contributed by atoms with E-state index in [-0.39, 0.29) is 0 Å². The molecule has 0 aliphatic rings. The van der Waals surface area contributed by atoms with Crippen molar-refractivity contribution < 1.29 is 0 Å². The monoisotopic (exact) mass is 302 g/mol. The first-order chi connectivity index (χ1) is 9.58. The van der Waals surface area contributed by atoms with E-state index >= 15 is 0 Å². The van der Waals surface area contributed by atoms with Crippen molar-refractivity contribution in [2.24, 2.45) is 0 Å². The van der Waals surface area contributed by atoms with Crippen LogP contribution in [0.2, 0.25) is 5.02 Å². The second-order valence-corrected chi connectivity index (χ2v) is 6.54. The summed E-state index contributed by atoms with van der Waals surface area (Å²) in [6.45, 7) is 2.01. The molecule has 4 heteroatoms. The van der Waals surface area contributed by atoms with Crippen LogP contribution in [0, 0.1) is 6.92 Å². The summed E-state index contributed by atoms with van der Waals surface area (Å²) >= 11 is 8.29. The van der Waals surface area contributed by atoms with Crippen LogP contribution in [0.15, 0.2) is 36.4 Å². The van der Waals surface area contributed by atoms with Gasteiger partial charge in [0, 0.05) is 19.7 Å². The van der Waals surface area contributed by atoms with Gasteiger partial charge in [0.15, 0.2) is 0 Å². The molecule has 3 rings (SSSR count). The summed E-state index contributed by atoms with van der Waals surface area (Å²) in [5.74, 6) is 0. The lowest BCUT2D eigenvalue weighted by Gasteiger charge is -2.19. The average Bonchev–Trinajstić information content (AvgIpc) is 2.80. The second-order valence-electron chi connectivity index (χ2n) is 4.93. The summed E-state index contributed by atoms with van der Waals surface area (Å²) in [5.41, 5.74) is 4.25. The van der Waals surface area contributed by atoms with Gasteiger partial charge in [-0.05, 0) is 18.6 Å². The smallest absolute Gasteiger partial charge is 0.102 e. The Bertz CT molecular complexity index is 763. The first kappa shape index (κ1) is 13.4. The van der Waals surface area contributed by atoms with E-state index in [1.54, 1.807) is 11.3 Å². The zero-order valence-corrected chi connectivity index (χ0v) is 13.2. The molecule has 2 aromatic carbocycles. The molecule has 1 heterocycles. The van der Waals surface area contributed by atoms with Gasteiger partial charge in [0.05, 0.1) is 20.4 Å². The fraction of sp³-hybridized carbons (Fsp3) is 0.188. The Kier molecular flexibility index (Phi) is 3.40. The van der Waals surface area contributed by atoms with Gasteiger partial charge in [0.25, 0.3) is 0 Å². The van der Waals surface area contributed by atoms with Crippen LogP contribution in [0.3, 0.4) is 0 Å². The Morgan fingerprint density at radius 2 is 1.85 bits per heavy atom. The second kappa shape index (κ2) is 5.08. The Morgan fingerprint density at radius 1 is 1.15 bits per heavy atom. The number of rotatable bonds is 2. The lowest BCUT2D eigenvalue weighted by Crippen LogP contribution is -2.11. The summed E-state index contributed by atoms with van der Waals surface area (Å²) < 4.78 is 1.14. The number of halogens is 1. The molecule has 0 spiro atoms. The zero-order valence-electron chi connectivity index (χ0n) is 11.6. The molecule has 0 aliphatic heterocycles. The van der Waals surface area contributed by atoms with Crippen LogP contribution in [0.25, 0.3) is 21.3 Å². The van der Waals surface area contributed by atoms with Crippen molar-refractivity contribution in [1.82, 2.24) is 4.98 Å². The molecule has 0 atom stereocenters. The van der Waals surface area contributed by atoms with Gasteiger partial charge in [0.2, 0.25) is 0 Å². The summed E-state index contributed by atoms with van der Waals surface area (Å²) in [6.07, 6.45) is 0. The van der Waals surface area contributed by atoms with E-state index in [0.717, 1.165) is 31.5 Å². The summed E-state index contributed by atoms with van der Waals surface area (Å²) in [5, 5.41) is 1.77. The van der Waals surface area contributed by atoms with Crippen molar-refractivity contribution >= 4 is 38.8 Å². The molecule has 0 saturated carbocycles. The van der Waals surface area contributed by atoms with Crippen LogP contribution >= 0.6 is 22.9 Å². The summed E-state index contributed by atoms with van der Waals surface area (Å²) in [4.78, 5) is 6.60. The largest absolute Gasteiger partial charge is 0.376 e. The number of hydrogen-bond donors (Lipinski definition) is 0. The fourth-order valence-electron chi connectivity index (χ4n) is 2.40. The number of fused-ring (bicyclic) bond motifs is 1. The predicted octanol–water partition coefficient (Wildman–Crippen LogP) is 4.99. The van der Waals surface area contributed by atoms with Gasteiger partial charge >= 0.3 is 0 Å². The highest BCUT2D eigenvalue weighted by molar-refractivity contribution is 7.18.